The SMILES string of the molecule is O=C(Cc1cc(Br)cs1)c1ccccc1Br. The van der Waals surface area contributed by atoms with E-state index < -0.39 is 0 Å². The third kappa shape index (κ3) is 2.81. The summed E-state index contributed by atoms with van der Waals surface area (Å²) in [5.74, 6) is 0.141. The summed E-state index contributed by atoms with van der Waals surface area (Å²) >= 11 is 8.37. The fourth-order valence-electron chi connectivity index (χ4n) is 1.39. The maximum atomic E-state index is 12.0. The van der Waals surface area contributed by atoms with Crippen LogP contribution in [0.1, 0.15) is 15.2 Å². The van der Waals surface area contributed by atoms with Gasteiger partial charge in [-0.3, -0.25) is 4.79 Å². The normalized spacial score (nSPS) is 10.4. The highest BCUT2D eigenvalue weighted by Crippen LogP contribution is 2.23. The van der Waals surface area contributed by atoms with Gasteiger partial charge in [-0.15, -0.1) is 11.3 Å². The largest absolute Gasteiger partial charge is 0.294 e. The summed E-state index contributed by atoms with van der Waals surface area (Å²) in [6.07, 6.45) is 0.457. The van der Waals surface area contributed by atoms with Gasteiger partial charge in [0, 0.05) is 31.2 Å². The number of rotatable bonds is 3. The maximum absolute atomic E-state index is 12.0. The van der Waals surface area contributed by atoms with Crippen LogP contribution in [-0.2, 0) is 6.42 Å². The number of benzene rings is 1. The minimum absolute atomic E-state index is 0.141. The van der Waals surface area contributed by atoms with Crippen LogP contribution in [0, 0.1) is 0 Å². The monoisotopic (exact) mass is 358 g/mol. The molecule has 0 saturated carbocycles. The van der Waals surface area contributed by atoms with E-state index in [2.05, 4.69) is 31.9 Å². The minimum atomic E-state index is 0.141. The van der Waals surface area contributed by atoms with Crippen LogP contribution in [0.5, 0.6) is 0 Å². The second-order valence-electron chi connectivity index (χ2n) is 3.31. The van der Waals surface area contributed by atoms with Gasteiger partial charge in [0.15, 0.2) is 5.78 Å². The van der Waals surface area contributed by atoms with Gasteiger partial charge in [-0.05, 0) is 28.1 Å². The number of ketones is 1. The summed E-state index contributed by atoms with van der Waals surface area (Å²) in [5.41, 5.74) is 0.743. The smallest absolute Gasteiger partial charge is 0.169 e. The number of hydrogen-bond acceptors (Lipinski definition) is 2. The standard InChI is InChI=1S/C12H8Br2OS/c13-8-5-9(16-7-8)6-12(15)10-3-1-2-4-11(10)14/h1-5,7H,6H2. The van der Waals surface area contributed by atoms with Gasteiger partial charge in [0.05, 0.1) is 0 Å². The van der Waals surface area contributed by atoms with Crippen LogP contribution in [0.15, 0.2) is 44.7 Å². The topological polar surface area (TPSA) is 17.1 Å². The number of carbonyl (C=O) groups excluding carboxylic acids is 1. The van der Waals surface area contributed by atoms with Gasteiger partial charge in [0.25, 0.3) is 0 Å². The minimum Gasteiger partial charge on any atom is -0.294 e. The van der Waals surface area contributed by atoms with Crippen LogP contribution >= 0.6 is 43.2 Å². The van der Waals surface area contributed by atoms with Gasteiger partial charge in [-0.25, -0.2) is 0 Å². The summed E-state index contributed by atoms with van der Waals surface area (Å²) in [6.45, 7) is 0. The van der Waals surface area contributed by atoms with Crippen molar-refractivity contribution in [1.82, 2.24) is 0 Å². The zero-order valence-electron chi connectivity index (χ0n) is 8.24. The van der Waals surface area contributed by atoms with Gasteiger partial charge in [-0.2, -0.15) is 0 Å². The molecule has 2 aromatic rings. The molecule has 16 heavy (non-hydrogen) atoms. The van der Waals surface area contributed by atoms with Crippen molar-refractivity contribution in [2.75, 3.05) is 0 Å². The molecule has 0 bridgehead atoms. The van der Waals surface area contributed by atoms with E-state index in [1.165, 1.54) is 0 Å². The number of thiophene rings is 1. The molecule has 0 atom stereocenters. The van der Waals surface area contributed by atoms with Crippen molar-refractivity contribution in [1.29, 1.82) is 0 Å². The molecule has 4 heteroatoms. The third-order valence-electron chi connectivity index (χ3n) is 2.13. The molecule has 0 saturated heterocycles. The lowest BCUT2D eigenvalue weighted by atomic mass is 10.1. The Labute approximate surface area is 115 Å². The van der Waals surface area contributed by atoms with Crippen LogP contribution < -0.4 is 0 Å². The lowest BCUT2D eigenvalue weighted by Gasteiger charge is -2.01. The van der Waals surface area contributed by atoms with Crippen molar-refractivity contribution in [3.63, 3.8) is 0 Å². The van der Waals surface area contributed by atoms with Crippen molar-refractivity contribution in [2.24, 2.45) is 0 Å². The highest BCUT2D eigenvalue weighted by molar-refractivity contribution is 9.10. The van der Waals surface area contributed by atoms with Crippen molar-refractivity contribution in [3.8, 4) is 0 Å². The Bertz CT molecular complexity index is 519. The molecular formula is C12H8Br2OS. The lowest BCUT2D eigenvalue weighted by molar-refractivity contribution is 0.0993. The fourth-order valence-corrected chi connectivity index (χ4v) is 3.34. The van der Waals surface area contributed by atoms with Gasteiger partial charge >= 0.3 is 0 Å². The van der Waals surface area contributed by atoms with E-state index in [-0.39, 0.29) is 5.78 Å². The number of Topliss-reactive ketones (excluding diaryl/α,β-unsaturated/α-hetero) is 1. The van der Waals surface area contributed by atoms with Gasteiger partial charge in [0.2, 0.25) is 0 Å². The first-order valence-electron chi connectivity index (χ1n) is 4.67. The second-order valence-corrected chi connectivity index (χ2v) is 6.08. The molecule has 0 aliphatic rings. The van der Waals surface area contributed by atoms with Crippen LogP contribution in [0.25, 0.3) is 0 Å². The first kappa shape index (κ1) is 12.0. The van der Waals surface area contributed by atoms with Gasteiger partial charge in [-0.1, -0.05) is 34.1 Å². The van der Waals surface area contributed by atoms with E-state index in [9.17, 15) is 4.79 Å². The van der Waals surface area contributed by atoms with Gasteiger partial charge in [0.1, 0.15) is 0 Å². The molecule has 0 aliphatic heterocycles. The summed E-state index contributed by atoms with van der Waals surface area (Å²) in [6, 6.07) is 9.50. The van der Waals surface area contributed by atoms with Gasteiger partial charge < -0.3 is 0 Å². The van der Waals surface area contributed by atoms with Crippen molar-refractivity contribution in [3.05, 3.63) is 55.1 Å². The molecule has 1 heterocycles. The van der Waals surface area contributed by atoms with E-state index >= 15 is 0 Å². The van der Waals surface area contributed by atoms with E-state index in [1.807, 2.05) is 35.7 Å². The fraction of sp³-hybridized carbons (Fsp3) is 0.0833. The summed E-state index contributed by atoms with van der Waals surface area (Å²) < 4.78 is 1.89. The number of carbonyl (C=O) groups is 1. The van der Waals surface area contributed by atoms with Crippen LogP contribution in [0.2, 0.25) is 0 Å². The van der Waals surface area contributed by atoms with Crippen LogP contribution in [0.3, 0.4) is 0 Å². The van der Waals surface area contributed by atoms with E-state index in [0.717, 1.165) is 19.4 Å². The summed E-state index contributed by atoms with van der Waals surface area (Å²) in [7, 11) is 0. The van der Waals surface area contributed by atoms with Crippen LogP contribution in [-0.4, -0.2) is 5.78 Å². The molecule has 0 unspecified atom stereocenters. The van der Waals surface area contributed by atoms with Crippen molar-refractivity contribution < 1.29 is 4.79 Å². The Morgan fingerprint density at radius 2 is 2.00 bits per heavy atom. The molecular weight excluding hydrogens is 352 g/mol. The highest BCUT2D eigenvalue weighted by Gasteiger charge is 2.11. The average Bonchev–Trinajstić information content (AvgIpc) is 2.64. The zero-order chi connectivity index (χ0) is 11.5. The lowest BCUT2D eigenvalue weighted by Crippen LogP contribution is -2.02. The zero-order valence-corrected chi connectivity index (χ0v) is 12.2. The Kier molecular flexibility index (Phi) is 3.95. The average molecular weight is 360 g/mol. The molecule has 1 aromatic carbocycles. The summed E-state index contributed by atoms with van der Waals surface area (Å²) in [5, 5.41) is 1.99. The molecule has 0 radical (unpaired) electrons. The van der Waals surface area contributed by atoms with Crippen molar-refractivity contribution >= 4 is 49.0 Å². The molecule has 0 fully saturated rings. The highest BCUT2D eigenvalue weighted by atomic mass is 79.9. The predicted octanol–water partition coefficient (Wildman–Crippen LogP) is 4.70. The first-order chi connectivity index (χ1) is 7.66. The van der Waals surface area contributed by atoms with E-state index in [4.69, 9.17) is 0 Å². The molecule has 0 amide bonds. The molecule has 0 spiro atoms. The Morgan fingerprint density at radius 1 is 1.25 bits per heavy atom. The molecule has 1 nitrogen and oxygen atoms in total. The Morgan fingerprint density at radius 3 is 2.62 bits per heavy atom. The van der Waals surface area contributed by atoms with E-state index in [0.29, 0.717) is 6.42 Å². The Hall–Kier alpha value is -0.450. The maximum Gasteiger partial charge on any atom is 0.169 e. The Balaban J connectivity index is 2.18. The van der Waals surface area contributed by atoms with E-state index in [1.54, 1.807) is 11.3 Å². The second kappa shape index (κ2) is 5.25. The number of hydrogen-bond donors (Lipinski definition) is 0. The quantitative estimate of drug-likeness (QED) is 0.726. The third-order valence-corrected chi connectivity index (χ3v) is 4.52. The molecule has 0 aliphatic carbocycles. The van der Waals surface area contributed by atoms with Crippen LogP contribution in [0.4, 0.5) is 0 Å². The molecule has 82 valence electrons. The first-order valence-corrected chi connectivity index (χ1v) is 7.14. The number of halogens is 2. The predicted molar refractivity (Wildman–Crippen MR) is 74.2 cm³/mol. The molecule has 1 aromatic heterocycles. The molecule has 2 rings (SSSR count). The van der Waals surface area contributed by atoms with Crippen molar-refractivity contribution in [2.45, 2.75) is 6.42 Å². The summed E-state index contributed by atoms with van der Waals surface area (Å²) in [4.78, 5) is 13.1. The molecule has 0 N–H and O–H groups in total.